The van der Waals surface area contributed by atoms with E-state index in [4.69, 9.17) is 0 Å². The van der Waals surface area contributed by atoms with E-state index in [9.17, 15) is 8.78 Å². The molecular weight excluding hydrogens is 192 g/mol. The van der Waals surface area contributed by atoms with Crippen LogP contribution in [0.15, 0.2) is 12.1 Å². The molecule has 14 heavy (non-hydrogen) atoms. The molecule has 0 aliphatic rings. The molecule has 4 nitrogen and oxygen atoms in total. The number of halogens is 2. The molecular formula is C8H11F2N3O. The maximum atomic E-state index is 11.7. The third kappa shape index (κ3) is 3.61. The molecule has 1 aromatic rings. The number of aromatic nitrogens is 2. The summed E-state index contributed by atoms with van der Waals surface area (Å²) in [6, 6.07) is 2.96. The molecule has 6 heteroatoms. The first kappa shape index (κ1) is 10.8. The summed E-state index contributed by atoms with van der Waals surface area (Å²) in [6.07, 6.45) is 0. The van der Waals surface area contributed by atoms with Crippen molar-refractivity contribution in [3.8, 4) is 5.88 Å². The minimum atomic E-state index is -2.86. The first-order valence-corrected chi connectivity index (χ1v) is 4.20. The van der Waals surface area contributed by atoms with E-state index in [2.05, 4.69) is 20.3 Å². The quantitative estimate of drug-likeness (QED) is 0.780. The van der Waals surface area contributed by atoms with Crippen molar-refractivity contribution < 1.29 is 13.5 Å². The van der Waals surface area contributed by atoms with E-state index < -0.39 is 6.61 Å². The first-order valence-electron chi connectivity index (χ1n) is 4.20. The van der Waals surface area contributed by atoms with Gasteiger partial charge in [0.2, 0.25) is 5.88 Å². The molecule has 0 aliphatic heterocycles. The van der Waals surface area contributed by atoms with E-state index in [1.807, 2.05) is 6.92 Å². The van der Waals surface area contributed by atoms with Crippen LogP contribution in [0.5, 0.6) is 5.88 Å². The molecule has 1 aromatic heterocycles. The van der Waals surface area contributed by atoms with E-state index in [1.54, 1.807) is 6.07 Å². The average molecular weight is 203 g/mol. The van der Waals surface area contributed by atoms with Crippen molar-refractivity contribution in [2.24, 2.45) is 0 Å². The van der Waals surface area contributed by atoms with Gasteiger partial charge in [-0.15, -0.1) is 5.10 Å². The van der Waals surface area contributed by atoms with Gasteiger partial charge in [-0.3, -0.25) is 0 Å². The van der Waals surface area contributed by atoms with Gasteiger partial charge in [-0.2, -0.15) is 13.9 Å². The Morgan fingerprint density at radius 2 is 2.21 bits per heavy atom. The van der Waals surface area contributed by atoms with Crippen LogP contribution in [0.4, 0.5) is 8.78 Å². The summed E-state index contributed by atoms with van der Waals surface area (Å²) < 4.78 is 27.5. The second kappa shape index (κ2) is 5.43. The highest BCUT2D eigenvalue weighted by Gasteiger charge is 2.05. The predicted molar refractivity (Wildman–Crippen MR) is 46.0 cm³/mol. The summed E-state index contributed by atoms with van der Waals surface area (Å²) in [5.74, 6) is -0.166. The van der Waals surface area contributed by atoms with Crippen LogP contribution < -0.4 is 10.1 Å². The Morgan fingerprint density at radius 3 is 2.71 bits per heavy atom. The molecule has 78 valence electrons. The zero-order valence-electron chi connectivity index (χ0n) is 7.70. The number of alkyl halides is 2. The summed E-state index contributed by atoms with van der Waals surface area (Å²) in [6.45, 7) is 0.487. The van der Waals surface area contributed by atoms with Gasteiger partial charge in [-0.25, -0.2) is 0 Å². The molecule has 1 heterocycles. The number of nitrogens with one attached hydrogen (secondary N) is 1. The monoisotopic (exact) mass is 203 g/mol. The Morgan fingerprint density at radius 1 is 1.43 bits per heavy atom. The summed E-state index contributed by atoms with van der Waals surface area (Å²) in [7, 11) is 0. The van der Waals surface area contributed by atoms with Crippen LogP contribution in [-0.2, 0) is 6.54 Å². The van der Waals surface area contributed by atoms with Gasteiger partial charge in [0, 0.05) is 12.6 Å². The second-order valence-corrected chi connectivity index (χ2v) is 2.52. The number of rotatable bonds is 5. The molecule has 0 spiro atoms. The van der Waals surface area contributed by atoms with Gasteiger partial charge < -0.3 is 10.1 Å². The number of hydrogen-bond donors (Lipinski definition) is 1. The lowest BCUT2D eigenvalue weighted by atomic mass is 10.4. The Balaban J connectivity index is 2.50. The van der Waals surface area contributed by atoms with Crippen molar-refractivity contribution >= 4 is 0 Å². The average Bonchev–Trinajstić information content (AvgIpc) is 2.16. The lowest BCUT2D eigenvalue weighted by Crippen LogP contribution is -2.13. The fourth-order valence-corrected chi connectivity index (χ4v) is 0.849. The fourth-order valence-electron chi connectivity index (χ4n) is 0.849. The lowest BCUT2D eigenvalue weighted by Gasteiger charge is -2.03. The smallest absolute Gasteiger partial charge is 0.388 e. The van der Waals surface area contributed by atoms with Crippen LogP contribution in [0.1, 0.15) is 12.6 Å². The van der Waals surface area contributed by atoms with Crippen molar-refractivity contribution in [3.05, 3.63) is 17.8 Å². The zero-order chi connectivity index (χ0) is 10.4. The van der Waals surface area contributed by atoms with Crippen molar-refractivity contribution in [2.75, 3.05) is 6.54 Å². The van der Waals surface area contributed by atoms with Crippen LogP contribution in [0.2, 0.25) is 0 Å². The molecule has 0 saturated heterocycles. The molecule has 0 bridgehead atoms. The number of ether oxygens (including phenoxy) is 1. The molecule has 0 unspecified atom stereocenters. The Kier molecular flexibility index (Phi) is 4.18. The van der Waals surface area contributed by atoms with E-state index in [0.717, 1.165) is 6.54 Å². The topological polar surface area (TPSA) is 47.0 Å². The fraction of sp³-hybridized carbons (Fsp3) is 0.500. The third-order valence-corrected chi connectivity index (χ3v) is 1.46. The lowest BCUT2D eigenvalue weighted by molar-refractivity contribution is -0.0534. The summed E-state index contributed by atoms with van der Waals surface area (Å²) in [5, 5.41) is 10.2. The van der Waals surface area contributed by atoms with Gasteiger partial charge >= 0.3 is 6.61 Å². The van der Waals surface area contributed by atoms with Gasteiger partial charge in [0.05, 0.1) is 5.69 Å². The third-order valence-electron chi connectivity index (χ3n) is 1.46. The zero-order valence-corrected chi connectivity index (χ0v) is 7.70. The standard InChI is InChI=1S/C8H11F2N3O/c1-2-11-5-6-3-4-7(13-12-6)14-8(9)10/h3-4,8,11H,2,5H2,1H3. The highest BCUT2D eigenvalue weighted by Crippen LogP contribution is 2.08. The number of nitrogens with zero attached hydrogens (tertiary/aromatic N) is 2. The Labute approximate surface area is 80.3 Å². The van der Waals surface area contributed by atoms with Crippen LogP contribution in [-0.4, -0.2) is 23.4 Å². The maximum absolute atomic E-state index is 11.7. The molecule has 0 aliphatic carbocycles. The van der Waals surface area contributed by atoms with Crippen LogP contribution in [0.25, 0.3) is 0 Å². The van der Waals surface area contributed by atoms with E-state index >= 15 is 0 Å². The van der Waals surface area contributed by atoms with Gasteiger partial charge in [0.25, 0.3) is 0 Å². The van der Waals surface area contributed by atoms with Gasteiger partial charge in [-0.05, 0) is 12.6 Å². The van der Waals surface area contributed by atoms with Crippen molar-refractivity contribution in [1.82, 2.24) is 15.5 Å². The first-order chi connectivity index (χ1) is 6.72. The SMILES string of the molecule is CCNCc1ccc(OC(F)F)nn1. The molecule has 0 atom stereocenters. The molecule has 1 rings (SSSR count). The molecule has 0 aromatic carbocycles. The minimum absolute atomic E-state index is 0.166. The number of hydrogen-bond acceptors (Lipinski definition) is 4. The maximum Gasteiger partial charge on any atom is 0.388 e. The molecule has 0 radical (unpaired) electrons. The van der Waals surface area contributed by atoms with Gasteiger partial charge in [-0.1, -0.05) is 6.92 Å². The second-order valence-electron chi connectivity index (χ2n) is 2.52. The normalized spacial score (nSPS) is 10.6. The minimum Gasteiger partial charge on any atom is -0.415 e. The molecule has 0 fully saturated rings. The molecule has 1 N–H and O–H groups in total. The Bertz CT molecular complexity index is 266. The van der Waals surface area contributed by atoms with Crippen molar-refractivity contribution in [2.45, 2.75) is 20.1 Å². The van der Waals surface area contributed by atoms with E-state index in [-0.39, 0.29) is 5.88 Å². The van der Waals surface area contributed by atoms with Gasteiger partial charge in [0.15, 0.2) is 0 Å². The molecule has 0 amide bonds. The van der Waals surface area contributed by atoms with E-state index in [0.29, 0.717) is 12.2 Å². The highest BCUT2D eigenvalue weighted by atomic mass is 19.3. The van der Waals surface area contributed by atoms with Gasteiger partial charge in [0.1, 0.15) is 0 Å². The van der Waals surface area contributed by atoms with Crippen LogP contribution >= 0.6 is 0 Å². The van der Waals surface area contributed by atoms with E-state index in [1.165, 1.54) is 6.07 Å². The summed E-state index contributed by atoms with van der Waals surface area (Å²) >= 11 is 0. The van der Waals surface area contributed by atoms with Crippen molar-refractivity contribution in [1.29, 1.82) is 0 Å². The Hall–Kier alpha value is -1.30. The predicted octanol–water partition coefficient (Wildman–Crippen LogP) is 1.19. The summed E-state index contributed by atoms with van der Waals surface area (Å²) in [4.78, 5) is 0. The van der Waals surface area contributed by atoms with Crippen LogP contribution in [0, 0.1) is 0 Å². The summed E-state index contributed by atoms with van der Waals surface area (Å²) in [5.41, 5.74) is 0.688. The van der Waals surface area contributed by atoms with Crippen molar-refractivity contribution in [3.63, 3.8) is 0 Å². The highest BCUT2D eigenvalue weighted by molar-refractivity contribution is 5.11. The largest absolute Gasteiger partial charge is 0.415 e. The molecule has 0 saturated carbocycles. The van der Waals surface area contributed by atoms with Crippen LogP contribution in [0.3, 0.4) is 0 Å².